The fourth-order valence-electron chi connectivity index (χ4n) is 2.95. The maximum atomic E-state index is 12.1. The first-order valence-corrected chi connectivity index (χ1v) is 10.8. The second-order valence-electron chi connectivity index (χ2n) is 7.07. The lowest BCUT2D eigenvalue weighted by Gasteiger charge is -2.16. The molecule has 1 aromatic heterocycles. The molecule has 0 radical (unpaired) electrons. The Labute approximate surface area is 175 Å². The Morgan fingerprint density at radius 3 is 2.61 bits per heavy atom. The Hall–Kier alpha value is -1.83. The molecule has 3 rings (SSSR count). The average Bonchev–Trinajstić information content (AvgIpc) is 3.21. The van der Waals surface area contributed by atoms with Gasteiger partial charge in [-0.05, 0) is 44.6 Å². The van der Waals surface area contributed by atoms with Crippen LogP contribution in [0, 0.1) is 0 Å². The van der Waals surface area contributed by atoms with Crippen molar-refractivity contribution in [2.45, 2.75) is 23.8 Å². The van der Waals surface area contributed by atoms with Crippen molar-refractivity contribution in [2.24, 2.45) is 0 Å². The van der Waals surface area contributed by atoms with Crippen LogP contribution in [0.25, 0.3) is 0 Å². The number of thioether (sulfide) groups is 1. The van der Waals surface area contributed by atoms with Crippen molar-refractivity contribution in [1.82, 2.24) is 20.2 Å². The van der Waals surface area contributed by atoms with Gasteiger partial charge in [0.2, 0.25) is 0 Å². The molecule has 1 aliphatic heterocycles. The topological polar surface area (TPSA) is 61.4 Å². The minimum atomic E-state index is -0.0468. The lowest BCUT2D eigenvalue weighted by Crippen LogP contribution is -2.31. The smallest absolute Gasteiger partial charge is 0.251 e. The van der Waals surface area contributed by atoms with E-state index in [4.69, 9.17) is 11.6 Å². The Morgan fingerprint density at radius 2 is 1.93 bits per heavy atom. The fraction of sp³-hybridized carbons (Fsp3) is 0.450. The molecule has 1 saturated heterocycles. The fourth-order valence-corrected chi connectivity index (χ4v) is 3.99. The van der Waals surface area contributed by atoms with Crippen LogP contribution in [0.2, 0.25) is 5.15 Å². The van der Waals surface area contributed by atoms with Crippen LogP contribution in [0.15, 0.2) is 35.5 Å². The molecular weight excluding hydrogens is 394 g/mol. The van der Waals surface area contributed by atoms with Gasteiger partial charge >= 0.3 is 0 Å². The second kappa shape index (κ2) is 10.1. The highest BCUT2D eigenvalue weighted by Gasteiger charge is 2.15. The molecular formula is C20H26ClN5OS. The minimum absolute atomic E-state index is 0.0468. The number of aromatic nitrogens is 2. The average molecular weight is 420 g/mol. The number of amides is 1. The van der Waals surface area contributed by atoms with Crippen LogP contribution in [-0.2, 0) is 5.75 Å². The zero-order valence-corrected chi connectivity index (χ0v) is 17.9. The number of halogens is 1. The van der Waals surface area contributed by atoms with Gasteiger partial charge in [0.05, 0.1) is 0 Å². The Kier molecular flexibility index (Phi) is 7.53. The molecule has 1 amide bonds. The van der Waals surface area contributed by atoms with E-state index in [0.717, 1.165) is 36.8 Å². The van der Waals surface area contributed by atoms with Gasteiger partial charge in [-0.1, -0.05) is 35.5 Å². The number of benzene rings is 1. The van der Waals surface area contributed by atoms with E-state index in [1.165, 1.54) is 12.8 Å². The lowest BCUT2D eigenvalue weighted by molar-refractivity contribution is 0.0951. The van der Waals surface area contributed by atoms with Gasteiger partial charge < -0.3 is 15.1 Å². The molecule has 1 N–H and O–H groups in total. The number of hydrogen-bond donors (Lipinski definition) is 1. The largest absolute Gasteiger partial charge is 0.356 e. The molecule has 1 fully saturated rings. The normalized spacial score (nSPS) is 13.9. The third-order valence-corrected chi connectivity index (χ3v) is 5.63. The summed E-state index contributed by atoms with van der Waals surface area (Å²) in [4.78, 5) is 25.4. The summed E-state index contributed by atoms with van der Waals surface area (Å²) in [7, 11) is 3.96. The quantitative estimate of drug-likeness (QED) is 0.402. The van der Waals surface area contributed by atoms with Crippen molar-refractivity contribution >= 4 is 35.1 Å². The van der Waals surface area contributed by atoms with E-state index in [1.54, 1.807) is 11.8 Å². The summed E-state index contributed by atoms with van der Waals surface area (Å²) in [5.74, 6) is 1.58. The van der Waals surface area contributed by atoms with Crippen LogP contribution in [0.5, 0.6) is 0 Å². The van der Waals surface area contributed by atoms with Crippen molar-refractivity contribution < 1.29 is 4.79 Å². The molecule has 150 valence electrons. The van der Waals surface area contributed by atoms with Gasteiger partial charge in [-0.15, -0.1) is 0 Å². The van der Waals surface area contributed by atoms with E-state index in [2.05, 4.69) is 20.2 Å². The van der Waals surface area contributed by atoms with Crippen molar-refractivity contribution in [3.63, 3.8) is 0 Å². The van der Waals surface area contributed by atoms with Crippen molar-refractivity contribution in [3.8, 4) is 0 Å². The molecule has 28 heavy (non-hydrogen) atoms. The summed E-state index contributed by atoms with van der Waals surface area (Å²) in [5.41, 5.74) is 1.78. The zero-order chi connectivity index (χ0) is 19.9. The van der Waals surface area contributed by atoms with E-state index in [9.17, 15) is 4.79 Å². The van der Waals surface area contributed by atoms with Crippen LogP contribution in [0.1, 0.15) is 28.8 Å². The molecule has 2 aromatic rings. The van der Waals surface area contributed by atoms with Crippen LogP contribution < -0.4 is 10.2 Å². The summed E-state index contributed by atoms with van der Waals surface area (Å²) in [6.07, 6.45) is 2.39. The molecule has 1 aromatic carbocycles. The molecule has 8 heteroatoms. The molecule has 0 saturated carbocycles. The number of carbonyl (C=O) groups excluding carboxylic acids is 1. The van der Waals surface area contributed by atoms with Crippen molar-refractivity contribution in [2.75, 3.05) is 45.2 Å². The molecule has 0 aliphatic carbocycles. The molecule has 0 spiro atoms. The first-order chi connectivity index (χ1) is 13.5. The lowest BCUT2D eigenvalue weighted by atomic mass is 10.1. The maximum Gasteiger partial charge on any atom is 0.251 e. The molecule has 0 unspecified atom stereocenters. The highest BCUT2D eigenvalue weighted by Crippen LogP contribution is 2.26. The Bertz CT molecular complexity index is 794. The van der Waals surface area contributed by atoms with E-state index in [1.807, 2.05) is 49.3 Å². The summed E-state index contributed by atoms with van der Waals surface area (Å²) in [6, 6.07) is 9.49. The van der Waals surface area contributed by atoms with E-state index >= 15 is 0 Å². The summed E-state index contributed by atoms with van der Waals surface area (Å²) < 4.78 is 0. The predicted octanol–water partition coefficient (Wildman–Crippen LogP) is 3.31. The monoisotopic (exact) mass is 419 g/mol. The number of nitrogens with one attached hydrogen (secondary N) is 1. The van der Waals surface area contributed by atoms with E-state index in [0.29, 0.717) is 22.4 Å². The van der Waals surface area contributed by atoms with E-state index in [-0.39, 0.29) is 5.91 Å². The number of likely N-dealkylation sites (N-methyl/N-ethyl adjacent to an activating group) is 1. The van der Waals surface area contributed by atoms with Gasteiger partial charge in [-0.2, -0.15) is 0 Å². The molecule has 6 nitrogen and oxygen atoms in total. The SMILES string of the molecule is CN(C)CCNC(=O)c1ccc(CSc2nc(Cl)cc(N3CCCC3)n2)cc1. The number of rotatable bonds is 8. The van der Waals surface area contributed by atoms with Gasteiger partial charge in [0.1, 0.15) is 11.0 Å². The predicted molar refractivity (Wildman–Crippen MR) is 115 cm³/mol. The number of nitrogens with zero attached hydrogens (tertiary/aromatic N) is 4. The van der Waals surface area contributed by atoms with Gasteiger partial charge in [0.25, 0.3) is 5.91 Å². The van der Waals surface area contributed by atoms with Crippen LogP contribution in [0.4, 0.5) is 5.82 Å². The van der Waals surface area contributed by atoms with Crippen LogP contribution in [-0.4, -0.2) is 61.0 Å². The number of hydrogen-bond acceptors (Lipinski definition) is 6. The summed E-state index contributed by atoms with van der Waals surface area (Å²) in [6.45, 7) is 3.50. The second-order valence-corrected chi connectivity index (χ2v) is 8.40. The molecule has 2 heterocycles. The van der Waals surface area contributed by atoms with Crippen LogP contribution in [0.3, 0.4) is 0 Å². The maximum absolute atomic E-state index is 12.1. The molecule has 0 bridgehead atoms. The highest BCUT2D eigenvalue weighted by atomic mass is 35.5. The van der Waals surface area contributed by atoms with E-state index < -0.39 is 0 Å². The van der Waals surface area contributed by atoms with Gasteiger partial charge in [-0.25, -0.2) is 9.97 Å². The van der Waals surface area contributed by atoms with Crippen LogP contribution >= 0.6 is 23.4 Å². The number of anilines is 1. The van der Waals surface area contributed by atoms with Gasteiger partial charge in [-0.3, -0.25) is 4.79 Å². The Balaban J connectivity index is 1.55. The minimum Gasteiger partial charge on any atom is -0.356 e. The highest BCUT2D eigenvalue weighted by molar-refractivity contribution is 7.98. The van der Waals surface area contributed by atoms with Gasteiger partial charge in [0.15, 0.2) is 5.16 Å². The van der Waals surface area contributed by atoms with Crippen molar-refractivity contribution in [1.29, 1.82) is 0 Å². The standard InChI is InChI=1S/C20H26ClN5OS/c1-25(2)12-9-22-19(27)16-7-5-15(6-8-16)14-28-20-23-17(21)13-18(24-20)26-10-3-4-11-26/h5-8,13H,3-4,9-12,14H2,1-2H3,(H,22,27). The third-order valence-electron chi connectivity index (χ3n) is 4.52. The zero-order valence-electron chi connectivity index (χ0n) is 16.3. The Morgan fingerprint density at radius 1 is 1.21 bits per heavy atom. The van der Waals surface area contributed by atoms with Crippen molar-refractivity contribution in [3.05, 3.63) is 46.6 Å². The first-order valence-electron chi connectivity index (χ1n) is 9.45. The summed E-state index contributed by atoms with van der Waals surface area (Å²) >= 11 is 7.74. The third kappa shape index (κ3) is 6.09. The molecule has 0 atom stereocenters. The number of carbonyl (C=O) groups is 1. The summed E-state index contributed by atoms with van der Waals surface area (Å²) in [5, 5.41) is 4.08. The first kappa shape index (κ1) is 20.9. The van der Waals surface area contributed by atoms with Gasteiger partial charge in [0, 0.05) is 43.6 Å². The molecule has 1 aliphatic rings.